The molecule has 0 bridgehead atoms. The van der Waals surface area contributed by atoms with Crippen LogP contribution in [0, 0.1) is 12.3 Å². The minimum absolute atomic E-state index is 0.0955. The number of rotatable bonds is 1. The molecule has 15 heavy (non-hydrogen) atoms. The number of hydrogen-bond donors (Lipinski definition) is 1. The first kappa shape index (κ1) is 9.81. The highest BCUT2D eigenvalue weighted by Gasteiger charge is 2.22. The van der Waals surface area contributed by atoms with Crippen LogP contribution in [0.5, 0.6) is 0 Å². The fourth-order valence-electron chi connectivity index (χ4n) is 1.44. The Kier molecular flexibility index (Phi) is 2.48. The minimum atomic E-state index is -0.0955. The molecule has 1 aromatic rings. The molecule has 1 aliphatic heterocycles. The average Bonchev–Trinajstić information content (AvgIpc) is 2.19. The number of fused-ring (bicyclic) bond motifs is 1. The summed E-state index contributed by atoms with van der Waals surface area (Å²) in [6.07, 6.45) is 5.22. The van der Waals surface area contributed by atoms with Crippen LogP contribution in [0.3, 0.4) is 0 Å². The Labute approximate surface area is 92.2 Å². The van der Waals surface area contributed by atoms with Gasteiger partial charge < -0.3 is 10.2 Å². The van der Waals surface area contributed by atoms with Crippen molar-refractivity contribution in [2.45, 2.75) is 0 Å². The topological polar surface area (TPSA) is 45.2 Å². The molecule has 2 rings (SSSR count). The van der Waals surface area contributed by atoms with Crippen molar-refractivity contribution in [2.24, 2.45) is 0 Å². The highest BCUT2D eigenvalue weighted by molar-refractivity contribution is 6.29. The van der Waals surface area contributed by atoms with E-state index in [-0.39, 0.29) is 12.5 Å². The van der Waals surface area contributed by atoms with E-state index >= 15 is 0 Å². The highest BCUT2D eigenvalue weighted by Crippen LogP contribution is 2.28. The van der Waals surface area contributed by atoms with Gasteiger partial charge in [-0.3, -0.25) is 4.79 Å². The van der Waals surface area contributed by atoms with E-state index in [1.807, 2.05) is 0 Å². The molecule has 5 heteroatoms. The van der Waals surface area contributed by atoms with E-state index in [1.54, 1.807) is 17.0 Å². The molecule has 0 saturated heterocycles. The zero-order chi connectivity index (χ0) is 10.8. The molecule has 1 aliphatic rings. The van der Waals surface area contributed by atoms with Crippen molar-refractivity contribution in [1.29, 1.82) is 0 Å². The van der Waals surface area contributed by atoms with Gasteiger partial charge in [0.1, 0.15) is 5.15 Å². The number of carbonyl (C=O) groups is 1. The Hall–Kier alpha value is -1.73. The Morgan fingerprint density at radius 3 is 3.20 bits per heavy atom. The largest absolute Gasteiger partial charge is 0.334 e. The molecule has 2 heterocycles. The van der Waals surface area contributed by atoms with Gasteiger partial charge in [0, 0.05) is 0 Å². The SMILES string of the molecule is C#CCN1CC(=O)Nc2ccc(Cl)nc21. The first-order chi connectivity index (χ1) is 7.20. The van der Waals surface area contributed by atoms with Crippen molar-refractivity contribution in [2.75, 3.05) is 23.3 Å². The van der Waals surface area contributed by atoms with E-state index in [2.05, 4.69) is 16.2 Å². The summed E-state index contributed by atoms with van der Waals surface area (Å²) < 4.78 is 0. The van der Waals surface area contributed by atoms with Gasteiger partial charge >= 0.3 is 0 Å². The molecule has 0 radical (unpaired) electrons. The lowest BCUT2D eigenvalue weighted by atomic mass is 10.2. The molecular formula is C10H8ClN3O. The maximum absolute atomic E-state index is 11.3. The summed E-state index contributed by atoms with van der Waals surface area (Å²) in [4.78, 5) is 17.2. The molecule has 0 spiro atoms. The van der Waals surface area contributed by atoms with Crippen molar-refractivity contribution in [1.82, 2.24) is 4.98 Å². The average molecular weight is 222 g/mol. The third-order valence-electron chi connectivity index (χ3n) is 2.03. The lowest BCUT2D eigenvalue weighted by molar-refractivity contribution is -0.115. The highest BCUT2D eigenvalue weighted by atomic mass is 35.5. The van der Waals surface area contributed by atoms with Crippen LogP contribution < -0.4 is 10.2 Å². The van der Waals surface area contributed by atoms with E-state index < -0.39 is 0 Å². The van der Waals surface area contributed by atoms with Crippen LogP contribution in [0.2, 0.25) is 5.15 Å². The van der Waals surface area contributed by atoms with E-state index in [4.69, 9.17) is 18.0 Å². The third-order valence-corrected chi connectivity index (χ3v) is 2.24. The van der Waals surface area contributed by atoms with Gasteiger partial charge in [0.15, 0.2) is 5.82 Å². The summed E-state index contributed by atoms with van der Waals surface area (Å²) >= 11 is 5.78. The fraction of sp³-hybridized carbons (Fsp3) is 0.200. The Morgan fingerprint density at radius 2 is 2.47 bits per heavy atom. The standard InChI is InChI=1S/C10H8ClN3O/c1-2-5-14-6-9(15)12-7-3-4-8(11)13-10(7)14/h1,3-4H,5-6H2,(H,12,15). The molecule has 1 amide bonds. The molecule has 0 fully saturated rings. The summed E-state index contributed by atoms with van der Waals surface area (Å²) in [5.41, 5.74) is 0.644. The van der Waals surface area contributed by atoms with Crippen molar-refractivity contribution in [3.8, 4) is 12.3 Å². The number of carbonyl (C=O) groups excluding carboxylic acids is 1. The minimum Gasteiger partial charge on any atom is -0.334 e. The number of hydrogen-bond acceptors (Lipinski definition) is 3. The maximum atomic E-state index is 11.3. The van der Waals surface area contributed by atoms with E-state index in [9.17, 15) is 4.79 Å². The number of nitrogens with zero attached hydrogens (tertiary/aromatic N) is 2. The van der Waals surface area contributed by atoms with Crippen LogP contribution in [0.15, 0.2) is 12.1 Å². The predicted molar refractivity (Wildman–Crippen MR) is 58.9 cm³/mol. The van der Waals surface area contributed by atoms with Gasteiger partial charge in [-0.25, -0.2) is 4.98 Å². The summed E-state index contributed by atoms with van der Waals surface area (Å²) in [6.45, 7) is 0.554. The zero-order valence-electron chi connectivity index (χ0n) is 7.83. The van der Waals surface area contributed by atoms with Gasteiger partial charge in [-0.15, -0.1) is 6.42 Å². The quantitative estimate of drug-likeness (QED) is 0.571. The molecule has 4 nitrogen and oxygen atoms in total. The van der Waals surface area contributed by atoms with Crippen LogP contribution in [0.4, 0.5) is 11.5 Å². The molecule has 76 valence electrons. The van der Waals surface area contributed by atoms with Crippen LogP contribution in [0.25, 0.3) is 0 Å². The predicted octanol–water partition coefficient (Wildman–Crippen LogP) is 1.13. The summed E-state index contributed by atoms with van der Waals surface area (Å²) in [5, 5.41) is 3.09. The maximum Gasteiger partial charge on any atom is 0.244 e. The second-order valence-corrected chi connectivity index (χ2v) is 3.50. The summed E-state index contributed by atoms with van der Waals surface area (Å²) in [7, 11) is 0. The van der Waals surface area contributed by atoms with E-state index in [0.717, 1.165) is 0 Å². The van der Waals surface area contributed by atoms with Gasteiger partial charge in [-0.2, -0.15) is 0 Å². The molecule has 0 aliphatic carbocycles. The number of anilines is 2. The van der Waals surface area contributed by atoms with Gasteiger partial charge in [0.25, 0.3) is 0 Å². The number of halogens is 1. The second kappa shape index (κ2) is 3.79. The van der Waals surface area contributed by atoms with E-state index in [0.29, 0.717) is 23.2 Å². The van der Waals surface area contributed by atoms with Crippen molar-refractivity contribution < 1.29 is 4.79 Å². The first-order valence-electron chi connectivity index (χ1n) is 4.35. The monoisotopic (exact) mass is 221 g/mol. The number of nitrogens with one attached hydrogen (secondary N) is 1. The zero-order valence-corrected chi connectivity index (χ0v) is 8.58. The van der Waals surface area contributed by atoms with E-state index in [1.165, 1.54) is 0 Å². The fourth-order valence-corrected chi connectivity index (χ4v) is 1.59. The number of pyridine rings is 1. The Balaban J connectivity index is 2.43. The van der Waals surface area contributed by atoms with Crippen LogP contribution in [-0.4, -0.2) is 24.0 Å². The molecule has 1 N–H and O–H groups in total. The molecule has 1 aromatic heterocycles. The molecule has 0 unspecified atom stereocenters. The molecule has 0 saturated carbocycles. The molecular weight excluding hydrogens is 214 g/mol. The number of aromatic nitrogens is 1. The van der Waals surface area contributed by atoms with Gasteiger partial charge in [0.2, 0.25) is 5.91 Å². The Morgan fingerprint density at radius 1 is 1.67 bits per heavy atom. The molecule has 0 atom stereocenters. The third kappa shape index (κ3) is 1.88. The number of terminal acetylenes is 1. The van der Waals surface area contributed by atoms with Crippen molar-refractivity contribution >= 4 is 29.0 Å². The van der Waals surface area contributed by atoms with Crippen LogP contribution >= 0.6 is 11.6 Å². The van der Waals surface area contributed by atoms with Crippen LogP contribution in [0.1, 0.15) is 0 Å². The molecule has 0 aromatic carbocycles. The summed E-state index contributed by atoms with van der Waals surface area (Å²) in [6, 6.07) is 3.34. The number of amides is 1. The summed E-state index contributed by atoms with van der Waals surface area (Å²) in [5.74, 6) is 3.01. The normalized spacial score (nSPS) is 14.1. The van der Waals surface area contributed by atoms with Gasteiger partial charge in [-0.05, 0) is 12.1 Å². The lowest BCUT2D eigenvalue weighted by Gasteiger charge is -2.27. The van der Waals surface area contributed by atoms with Gasteiger partial charge in [-0.1, -0.05) is 17.5 Å². The van der Waals surface area contributed by atoms with Crippen molar-refractivity contribution in [3.05, 3.63) is 17.3 Å². The first-order valence-corrected chi connectivity index (χ1v) is 4.73. The van der Waals surface area contributed by atoms with Crippen LogP contribution in [-0.2, 0) is 4.79 Å². The smallest absolute Gasteiger partial charge is 0.244 e. The Bertz CT molecular complexity index is 452. The second-order valence-electron chi connectivity index (χ2n) is 3.11. The lowest BCUT2D eigenvalue weighted by Crippen LogP contribution is -2.39. The van der Waals surface area contributed by atoms with Gasteiger partial charge in [0.05, 0.1) is 18.8 Å². The van der Waals surface area contributed by atoms with Crippen molar-refractivity contribution in [3.63, 3.8) is 0 Å².